The molecule has 0 spiro atoms. The number of fused-ring (bicyclic) bond motifs is 1. The second-order valence-electron chi connectivity index (χ2n) is 15.1. The number of rotatable bonds is 8. The molecule has 3 heterocycles. The summed E-state index contributed by atoms with van der Waals surface area (Å²) in [6.07, 6.45) is 0. The van der Waals surface area contributed by atoms with Crippen LogP contribution in [0.5, 0.6) is 0 Å². The van der Waals surface area contributed by atoms with E-state index in [0.29, 0.717) is 28.6 Å². The second-order valence-corrected chi connectivity index (χ2v) is 20.6. The van der Waals surface area contributed by atoms with Crippen molar-refractivity contribution in [2.24, 2.45) is 0 Å². The first-order chi connectivity index (χ1) is 24.2. The Morgan fingerprint density at radius 1 is 0.642 bits per heavy atom. The fraction of sp³-hybridized carbons (Fsp3) is 0.412. The lowest BCUT2D eigenvalue weighted by atomic mass is 9.93. The quantitative estimate of drug-likeness (QED) is 0.159. The number of anilines is 2. The van der Waals surface area contributed by atoms with Crippen LogP contribution in [0, 0.1) is 11.6 Å². The number of amides is 2. The van der Waals surface area contributed by atoms with E-state index in [2.05, 4.69) is 29.7 Å². The van der Waals surface area contributed by atoms with Crippen molar-refractivity contribution in [3.05, 3.63) is 71.7 Å². The van der Waals surface area contributed by atoms with Crippen LogP contribution in [0.1, 0.15) is 80.8 Å². The monoisotopic (exact) mass is 794 g/mol. The molecule has 14 nitrogen and oxygen atoms in total. The molecule has 2 amide bonds. The third kappa shape index (κ3) is 8.46. The van der Waals surface area contributed by atoms with Crippen molar-refractivity contribution < 1.29 is 44.3 Å². The second kappa shape index (κ2) is 14.3. The highest BCUT2D eigenvalue weighted by atomic mass is 32.2. The highest BCUT2D eigenvalue weighted by Crippen LogP contribution is 2.32. The average Bonchev–Trinajstić information content (AvgIpc) is 3.81. The van der Waals surface area contributed by atoms with Gasteiger partial charge in [0, 0.05) is 29.0 Å². The summed E-state index contributed by atoms with van der Waals surface area (Å²) in [5.41, 5.74) is 0.450. The molecule has 2 N–H and O–H groups in total. The lowest BCUT2D eigenvalue weighted by Gasteiger charge is -2.23. The van der Waals surface area contributed by atoms with E-state index in [1.165, 1.54) is 32.0 Å². The van der Waals surface area contributed by atoms with E-state index in [-0.39, 0.29) is 27.4 Å². The van der Waals surface area contributed by atoms with E-state index in [4.69, 9.17) is 9.05 Å². The number of carbonyl (C=O) groups excluding carboxylic acids is 2. The van der Waals surface area contributed by atoms with Crippen molar-refractivity contribution >= 4 is 65.9 Å². The van der Waals surface area contributed by atoms with Crippen LogP contribution >= 0.6 is 11.7 Å². The zero-order valence-corrected chi connectivity index (χ0v) is 33.1. The molecule has 0 fully saturated rings. The first-order valence-electron chi connectivity index (χ1n) is 15.9. The Hall–Kier alpha value is -4.62. The molecule has 0 aliphatic rings. The van der Waals surface area contributed by atoms with Gasteiger partial charge in [-0.15, -0.1) is 0 Å². The standard InChI is InChI=1S/C17H20F2N2O4S.C17H20N4O4S2/c1-16(2,3)13-9-14(21-25-13)20-15(22)17(4,5)26(23,24)12-7-6-10(18)8-11(12)19;1-16(2,3)13-9-14(19-25-13)18-15(22)17(4,5)27(23,24)10-6-7-11-12(8-10)21-26-20-11/h6-9H,1-5H3,(H,20,21,22);6-9H,1-5H3,(H,18,19,22). The normalized spacial score (nSPS) is 13.0. The molecule has 286 valence electrons. The predicted molar refractivity (Wildman–Crippen MR) is 194 cm³/mol. The van der Waals surface area contributed by atoms with Gasteiger partial charge in [-0.3, -0.25) is 9.59 Å². The number of nitrogens with zero attached hydrogens (tertiary/aromatic N) is 4. The van der Waals surface area contributed by atoms with Gasteiger partial charge in [0.1, 0.15) is 48.6 Å². The van der Waals surface area contributed by atoms with Gasteiger partial charge in [0.05, 0.1) is 16.6 Å². The van der Waals surface area contributed by atoms with Crippen LogP contribution < -0.4 is 10.6 Å². The number of sulfone groups is 2. The van der Waals surface area contributed by atoms with Crippen molar-refractivity contribution in [2.45, 2.75) is 99.4 Å². The molecule has 0 aliphatic carbocycles. The zero-order chi connectivity index (χ0) is 39.9. The van der Waals surface area contributed by atoms with Gasteiger partial charge in [-0.2, -0.15) is 8.75 Å². The Balaban J connectivity index is 0.000000237. The number of aromatic nitrogens is 4. The van der Waals surface area contributed by atoms with Crippen LogP contribution in [-0.2, 0) is 40.1 Å². The minimum atomic E-state index is -4.44. The van der Waals surface area contributed by atoms with E-state index >= 15 is 0 Å². The summed E-state index contributed by atoms with van der Waals surface area (Å²) in [6.45, 7) is 16.4. The Morgan fingerprint density at radius 2 is 1.11 bits per heavy atom. The molecule has 0 radical (unpaired) electrons. The fourth-order valence-corrected chi connectivity index (χ4v) is 7.67. The maximum absolute atomic E-state index is 13.9. The van der Waals surface area contributed by atoms with Crippen molar-refractivity contribution in [3.63, 3.8) is 0 Å². The maximum atomic E-state index is 13.9. The van der Waals surface area contributed by atoms with E-state index in [0.717, 1.165) is 37.7 Å². The van der Waals surface area contributed by atoms with Crippen LogP contribution in [-0.4, -0.2) is 57.2 Å². The molecule has 0 saturated carbocycles. The van der Waals surface area contributed by atoms with Crippen molar-refractivity contribution in [2.75, 3.05) is 10.6 Å². The molecule has 19 heteroatoms. The predicted octanol–water partition coefficient (Wildman–Crippen LogP) is 6.61. The van der Waals surface area contributed by atoms with Gasteiger partial charge in [-0.1, -0.05) is 51.9 Å². The summed E-state index contributed by atoms with van der Waals surface area (Å²) in [5.74, 6) is -2.50. The minimum absolute atomic E-state index is 0.0124. The van der Waals surface area contributed by atoms with Crippen LogP contribution in [0.2, 0.25) is 0 Å². The molecule has 0 atom stereocenters. The summed E-state index contributed by atoms with van der Waals surface area (Å²) in [4.78, 5) is 24.5. The SMILES string of the molecule is CC(C)(C)c1cc(NC(=O)C(C)(C)S(=O)(=O)c2ccc(F)cc2F)no1.CC(C)(C)c1cc(NC(=O)C(C)(C)S(=O)(=O)c2ccc3nsnc3c2)no1. The highest BCUT2D eigenvalue weighted by molar-refractivity contribution is 7.94. The topological polar surface area (TPSA) is 204 Å². The summed E-state index contributed by atoms with van der Waals surface area (Å²) in [5, 5.41) is 12.4. The fourth-order valence-electron chi connectivity index (χ4n) is 4.34. The van der Waals surface area contributed by atoms with E-state index in [1.807, 2.05) is 41.5 Å². The van der Waals surface area contributed by atoms with Crippen molar-refractivity contribution in [1.82, 2.24) is 19.1 Å². The van der Waals surface area contributed by atoms with Gasteiger partial charge in [0.2, 0.25) is 11.8 Å². The maximum Gasteiger partial charge on any atom is 0.246 e. The summed E-state index contributed by atoms with van der Waals surface area (Å²) in [6, 6.07) is 9.58. The van der Waals surface area contributed by atoms with Crippen LogP contribution in [0.3, 0.4) is 0 Å². The molecule has 3 aromatic heterocycles. The lowest BCUT2D eigenvalue weighted by molar-refractivity contribution is -0.118. The van der Waals surface area contributed by atoms with Crippen LogP contribution in [0.4, 0.5) is 20.4 Å². The third-order valence-electron chi connectivity index (χ3n) is 8.14. The summed E-state index contributed by atoms with van der Waals surface area (Å²) < 4.78 is 93.2. The molecular weight excluding hydrogens is 755 g/mol. The molecule has 0 bridgehead atoms. The molecule has 2 aromatic carbocycles. The van der Waals surface area contributed by atoms with Gasteiger partial charge in [-0.05, 0) is 58.0 Å². The molecule has 0 unspecified atom stereocenters. The average molecular weight is 795 g/mol. The lowest BCUT2D eigenvalue weighted by Crippen LogP contribution is -2.44. The van der Waals surface area contributed by atoms with Gasteiger partial charge >= 0.3 is 0 Å². The number of benzene rings is 2. The van der Waals surface area contributed by atoms with E-state index < -0.39 is 57.5 Å². The van der Waals surface area contributed by atoms with E-state index in [1.54, 1.807) is 12.1 Å². The zero-order valence-electron chi connectivity index (χ0n) is 30.7. The van der Waals surface area contributed by atoms with Crippen molar-refractivity contribution in [1.29, 1.82) is 0 Å². The number of halogens is 2. The molecule has 0 aliphatic heterocycles. The van der Waals surface area contributed by atoms with Crippen molar-refractivity contribution in [3.8, 4) is 0 Å². The molecular formula is C34H40F2N6O8S3. The van der Waals surface area contributed by atoms with E-state index in [9.17, 15) is 35.2 Å². The Labute approximate surface area is 309 Å². The van der Waals surface area contributed by atoms with Gasteiger partial charge < -0.3 is 19.7 Å². The number of hydrogen-bond donors (Lipinski definition) is 2. The third-order valence-corrected chi connectivity index (χ3v) is 13.5. The van der Waals surface area contributed by atoms with Gasteiger partial charge in [-0.25, -0.2) is 25.6 Å². The number of carbonyl (C=O) groups is 2. The largest absolute Gasteiger partial charge is 0.359 e. The number of hydrogen-bond acceptors (Lipinski definition) is 13. The highest BCUT2D eigenvalue weighted by Gasteiger charge is 2.45. The minimum Gasteiger partial charge on any atom is -0.359 e. The van der Waals surface area contributed by atoms with Gasteiger partial charge in [0.15, 0.2) is 31.3 Å². The van der Waals surface area contributed by atoms with Gasteiger partial charge in [0.25, 0.3) is 0 Å². The Morgan fingerprint density at radius 3 is 1.57 bits per heavy atom. The first-order valence-corrected chi connectivity index (χ1v) is 19.6. The summed E-state index contributed by atoms with van der Waals surface area (Å²) in [7, 11) is -8.42. The molecule has 5 aromatic rings. The smallest absolute Gasteiger partial charge is 0.246 e. The number of nitrogens with one attached hydrogen (secondary N) is 2. The Bertz CT molecular complexity index is 2390. The molecule has 53 heavy (non-hydrogen) atoms. The molecule has 0 saturated heterocycles. The Kier molecular flexibility index (Phi) is 11.1. The summed E-state index contributed by atoms with van der Waals surface area (Å²) >= 11 is 0.999. The molecule has 5 rings (SSSR count). The van der Waals surface area contributed by atoms with Crippen LogP contribution in [0.25, 0.3) is 11.0 Å². The first kappa shape index (κ1) is 41.1. The van der Waals surface area contributed by atoms with Crippen LogP contribution in [0.15, 0.2) is 67.4 Å².